The fourth-order valence-electron chi connectivity index (χ4n) is 2.56. The van der Waals surface area contributed by atoms with Crippen molar-refractivity contribution in [1.82, 2.24) is 14.1 Å². The zero-order valence-corrected chi connectivity index (χ0v) is 13.5. The van der Waals surface area contributed by atoms with Crippen LogP contribution in [-0.2, 0) is 13.6 Å². The molecule has 118 valence electrons. The van der Waals surface area contributed by atoms with Gasteiger partial charge >= 0.3 is 5.91 Å². The van der Waals surface area contributed by atoms with E-state index in [1.165, 1.54) is 11.3 Å². The van der Waals surface area contributed by atoms with Gasteiger partial charge in [0.05, 0.1) is 10.2 Å². The van der Waals surface area contributed by atoms with Gasteiger partial charge in [-0.25, -0.2) is 4.98 Å². The van der Waals surface area contributed by atoms with E-state index < -0.39 is 0 Å². The first-order chi connectivity index (χ1) is 11.2. The molecule has 0 unspecified atom stereocenters. The molecule has 0 aliphatic carbocycles. The van der Waals surface area contributed by atoms with Crippen molar-refractivity contribution in [2.24, 2.45) is 12.0 Å². The molecule has 0 bridgehead atoms. The Kier molecular flexibility index (Phi) is 3.19. The van der Waals surface area contributed by atoms with Crippen LogP contribution in [0.15, 0.2) is 29.5 Å². The molecule has 1 aliphatic rings. The molecule has 23 heavy (non-hydrogen) atoms. The van der Waals surface area contributed by atoms with Crippen LogP contribution in [0.1, 0.15) is 17.5 Å². The van der Waals surface area contributed by atoms with Crippen LogP contribution in [0.3, 0.4) is 0 Å². The third-order valence-corrected chi connectivity index (χ3v) is 4.74. The normalized spacial score (nSPS) is 13.9. The van der Waals surface area contributed by atoms with E-state index in [2.05, 4.69) is 9.98 Å². The van der Waals surface area contributed by atoms with Crippen LogP contribution in [0.5, 0.6) is 11.5 Å². The summed E-state index contributed by atoms with van der Waals surface area (Å²) in [5.41, 5.74) is 0.980. The lowest BCUT2D eigenvalue weighted by molar-refractivity contribution is 0.0985. The number of amides is 1. The second kappa shape index (κ2) is 5.24. The van der Waals surface area contributed by atoms with Gasteiger partial charge in [-0.2, -0.15) is 4.99 Å². The van der Waals surface area contributed by atoms with E-state index in [1.807, 2.05) is 23.6 Å². The van der Waals surface area contributed by atoms with Crippen molar-refractivity contribution in [3.05, 3.63) is 35.2 Å². The number of carbonyl (C=O) groups excluding carboxylic acids is 1. The third-order valence-electron chi connectivity index (χ3n) is 3.70. The topological polar surface area (TPSA) is 70.6 Å². The second-order valence-electron chi connectivity index (χ2n) is 5.08. The number of rotatable bonds is 2. The predicted molar refractivity (Wildman–Crippen MR) is 84.7 cm³/mol. The molecule has 0 atom stereocenters. The van der Waals surface area contributed by atoms with Gasteiger partial charge < -0.3 is 18.6 Å². The van der Waals surface area contributed by atoms with Crippen LogP contribution in [0, 0.1) is 0 Å². The van der Waals surface area contributed by atoms with Crippen molar-refractivity contribution in [2.75, 3.05) is 6.79 Å². The number of fused-ring (bicyclic) bond motifs is 2. The van der Waals surface area contributed by atoms with E-state index in [4.69, 9.17) is 9.47 Å². The van der Waals surface area contributed by atoms with Crippen molar-refractivity contribution >= 4 is 27.5 Å². The van der Waals surface area contributed by atoms with Gasteiger partial charge in [-0.15, -0.1) is 0 Å². The zero-order chi connectivity index (χ0) is 16.0. The van der Waals surface area contributed by atoms with Crippen molar-refractivity contribution < 1.29 is 14.3 Å². The van der Waals surface area contributed by atoms with E-state index in [-0.39, 0.29) is 12.7 Å². The van der Waals surface area contributed by atoms with Crippen LogP contribution in [0.2, 0.25) is 0 Å². The number of aromatic nitrogens is 3. The summed E-state index contributed by atoms with van der Waals surface area (Å²) in [4.78, 5) is 21.3. The molecule has 1 aliphatic heterocycles. The van der Waals surface area contributed by atoms with Gasteiger partial charge in [-0.05, 0) is 6.92 Å². The average Bonchev–Trinajstić information content (AvgIpc) is 3.22. The van der Waals surface area contributed by atoms with E-state index in [0.717, 1.165) is 21.7 Å². The molecule has 4 rings (SSSR count). The standard InChI is InChI=1S/C15H14N4O3S/c1-3-19-9-6-10-11(22-8-21-10)7-12(9)23-15(19)17-14(20)13-16-4-5-18(13)2/h4-7H,3,8H2,1-2H3. The largest absolute Gasteiger partial charge is 0.454 e. The molecule has 0 saturated carbocycles. The summed E-state index contributed by atoms with van der Waals surface area (Å²) in [7, 11) is 1.77. The molecular formula is C15H14N4O3S. The summed E-state index contributed by atoms with van der Waals surface area (Å²) in [5.74, 6) is 1.41. The number of thiazole rings is 1. The third kappa shape index (κ3) is 2.22. The highest BCUT2D eigenvalue weighted by molar-refractivity contribution is 7.16. The first kappa shape index (κ1) is 14.0. The minimum Gasteiger partial charge on any atom is -0.454 e. The maximum absolute atomic E-state index is 12.3. The SMILES string of the molecule is CCn1c(=NC(=O)c2nccn2C)sc2cc3c(cc21)OCO3. The van der Waals surface area contributed by atoms with Gasteiger partial charge in [0.2, 0.25) is 12.6 Å². The molecule has 2 aromatic heterocycles. The number of aryl methyl sites for hydroxylation is 2. The molecule has 1 amide bonds. The molecule has 0 N–H and O–H groups in total. The van der Waals surface area contributed by atoms with E-state index in [1.54, 1.807) is 24.0 Å². The van der Waals surface area contributed by atoms with Crippen molar-refractivity contribution in [3.8, 4) is 11.5 Å². The minimum atomic E-state index is -0.355. The van der Waals surface area contributed by atoms with Gasteiger partial charge in [-0.1, -0.05) is 11.3 Å². The number of nitrogens with zero attached hydrogens (tertiary/aromatic N) is 4. The highest BCUT2D eigenvalue weighted by atomic mass is 32.1. The molecule has 7 nitrogen and oxygen atoms in total. The summed E-state index contributed by atoms with van der Waals surface area (Å²) in [6.07, 6.45) is 3.31. The summed E-state index contributed by atoms with van der Waals surface area (Å²) >= 11 is 1.45. The quantitative estimate of drug-likeness (QED) is 0.720. The van der Waals surface area contributed by atoms with Crippen molar-refractivity contribution in [1.29, 1.82) is 0 Å². The fraction of sp³-hybridized carbons (Fsp3) is 0.267. The van der Waals surface area contributed by atoms with Gasteiger partial charge in [0.25, 0.3) is 0 Å². The monoisotopic (exact) mass is 330 g/mol. The number of hydrogen-bond acceptors (Lipinski definition) is 5. The number of ether oxygens (including phenoxy) is 2. The minimum absolute atomic E-state index is 0.244. The highest BCUT2D eigenvalue weighted by Crippen LogP contribution is 2.36. The lowest BCUT2D eigenvalue weighted by Gasteiger charge is -2.01. The zero-order valence-electron chi connectivity index (χ0n) is 12.6. The van der Waals surface area contributed by atoms with Crippen LogP contribution < -0.4 is 14.3 Å². The van der Waals surface area contributed by atoms with Crippen molar-refractivity contribution in [3.63, 3.8) is 0 Å². The van der Waals surface area contributed by atoms with Crippen LogP contribution in [0.4, 0.5) is 0 Å². The molecule has 1 aromatic carbocycles. The summed E-state index contributed by atoms with van der Waals surface area (Å²) in [6.45, 7) is 2.96. The van der Waals surface area contributed by atoms with E-state index >= 15 is 0 Å². The Hall–Kier alpha value is -2.61. The van der Waals surface area contributed by atoms with Crippen LogP contribution in [-0.4, -0.2) is 26.8 Å². The maximum atomic E-state index is 12.3. The van der Waals surface area contributed by atoms with Crippen LogP contribution in [0.25, 0.3) is 10.2 Å². The smallest absolute Gasteiger partial charge is 0.315 e. The summed E-state index contributed by atoms with van der Waals surface area (Å²) in [5, 5.41) is 0. The molecule has 0 fully saturated rings. The molecule has 0 saturated heterocycles. The number of carbonyl (C=O) groups is 1. The van der Waals surface area contributed by atoms with Gasteiger partial charge in [-0.3, -0.25) is 4.79 Å². The van der Waals surface area contributed by atoms with Gasteiger partial charge in [0.1, 0.15) is 0 Å². The van der Waals surface area contributed by atoms with E-state index in [0.29, 0.717) is 17.2 Å². The predicted octanol–water partition coefficient (Wildman–Crippen LogP) is 1.93. The Bertz CT molecular complexity index is 982. The fourth-order valence-corrected chi connectivity index (χ4v) is 3.66. The average molecular weight is 330 g/mol. The van der Waals surface area contributed by atoms with E-state index in [9.17, 15) is 4.79 Å². The van der Waals surface area contributed by atoms with Gasteiger partial charge in [0, 0.05) is 38.1 Å². The maximum Gasteiger partial charge on any atom is 0.315 e. The Balaban J connectivity index is 1.88. The highest BCUT2D eigenvalue weighted by Gasteiger charge is 2.18. The Labute approximate surface area is 135 Å². The molecule has 0 radical (unpaired) electrons. The van der Waals surface area contributed by atoms with Gasteiger partial charge in [0.15, 0.2) is 16.3 Å². The molecule has 8 heteroatoms. The van der Waals surface area contributed by atoms with Crippen LogP contribution >= 0.6 is 11.3 Å². The first-order valence-corrected chi connectivity index (χ1v) is 7.98. The number of hydrogen-bond donors (Lipinski definition) is 0. The Morgan fingerprint density at radius 2 is 2.17 bits per heavy atom. The molecule has 3 aromatic rings. The summed E-state index contributed by atoms with van der Waals surface area (Å²) < 4.78 is 15.5. The lowest BCUT2D eigenvalue weighted by atomic mass is 10.3. The molecular weight excluding hydrogens is 316 g/mol. The number of imidazole rings is 1. The lowest BCUT2D eigenvalue weighted by Crippen LogP contribution is -2.17. The summed E-state index contributed by atoms with van der Waals surface area (Å²) in [6, 6.07) is 3.86. The Morgan fingerprint density at radius 3 is 2.87 bits per heavy atom. The van der Waals surface area contributed by atoms with Crippen molar-refractivity contribution in [2.45, 2.75) is 13.5 Å². The Morgan fingerprint density at radius 1 is 1.39 bits per heavy atom. The molecule has 0 spiro atoms. The first-order valence-electron chi connectivity index (χ1n) is 7.16. The molecule has 3 heterocycles. The number of benzene rings is 1. The second-order valence-corrected chi connectivity index (χ2v) is 6.09.